The van der Waals surface area contributed by atoms with E-state index in [9.17, 15) is 22.8 Å². The highest BCUT2D eigenvalue weighted by Gasteiger charge is 2.31. The van der Waals surface area contributed by atoms with Gasteiger partial charge in [0, 0.05) is 0 Å². The van der Waals surface area contributed by atoms with Gasteiger partial charge >= 0.3 is 12.3 Å². The van der Waals surface area contributed by atoms with Crippen molar-refractivity contribution in [2.24, 2.45) is 5.92 Å². The quantitative estimate of drug-likeness (QED) is 0.784. The topological polar surface area (TPSA) is 55.4 Å². The van der Waals surface area contributed by atoms with E-state index in [1.165, 1.54) is 0 Å². The average Bonchev–Trinajstić information content (AvgIpc) is 2.20. The Hall–Kier alpha value is -0.980. The number of carbonyl (C=O) groups excluding carboxylic acids is 2. The van der Waals surface area contributed by atoms with E-state index in [0.717, 1.165) is 0 Å². The molecule has 4 nitrogen and oxygen atoms in total. The van der Waals surface area contributed by atoms with E-state index < -0.39 is 30.2 Å². The van der Waals surface area contributed by atoms with Crippen LogP contribution in [-0.4, -0.2) is 30.2 Å². The van der Waals surface area contributed by atoms with Crippen LogP contribution in [0, 0.1) is 5.92 Å². The molecule has 0 aromatic carbocycles. The lowest BCUT2D eigenvalue weighted by atomic mass is 10.0. The van der Waals surface area contributed by atoms with Gasteiger partial charge in [-0.1, -0.05) is 20.3 Å². The molecule has 0 aliphatic heterocycles. The first kappa shape index (κ1) is 16.0. The number of hydrogen-bond donors (Lipinski definition) is 1. The van der Waals surface area contributed by atoms with E-state index in [1.807, 2.05) is 5.32 Å². The highest BCUT2D eigenvalue weighted by atomic mass is 35.5. The number of halogens is 4. The molecule has 0 aromatic rings. The number of rotatable bonds is 5. The summed E-state index contributed by atoms with van der Waals surface area (Å²) in [5.41, 5.74) is 0. The zero-order valence-corrected chi connectivity index (χ0v) is 10.1. The third-order valence-electron chi connectivity index (χ3n) is 2.10. The van der Waals surface area contributed by atoms with Crippen LogP contribution >= 0.6 is 11.6 Å². The van der Waals surface area contributed by atoms with Gasteiger partial charge in [-0.25, -0.2) is 4.79 Å². The first-order chi connectivity index (χ1) is 7.67. The minimum atomic E-state index is -4.60. The van der Waals surface area contributed by atoms with Crippen molar-refractivity contribution in [1.29, 1.82) is 0 Å². The summed E-state index contributed by atoms with van der Waals surface area (Å²) in [6.07, 6.45) is -5.39. The lowest BCUT2D eigenvalue weighted by molar-refractivity contribution is -0.160. The molecule has 0 aliphatic rings. The molecule has 1 amide bonds. The first-order valence-corrected chi connectivity index (χ1v) is 5.24. The summed E-state index contributed by atoms with van der Waals surface area (Å²) in [6.45, 7) is 1.68. The number of amides is 1. The van der Waals surface area contributed by atoms with Crippen LogP contribution in [-0.2, 0) is 9.53 Å². The molecule has 0 radical (unpaired) electrons. The molecular formula is C9H13ClF3NO3. The maximum atomic E-state index is 11.7. The van der Waals surface area contributed by atoms with Crippen molar-refractivity contribution in [3.05, 3.63) is 0 Å². The van der Waals surface area contributed by atoms with Crippen LogP contribution in [0.1, 0.15) is 20.3 Å². The van der Waals surface area contributed by atoms with E-state index in [4.69, 9.17) is 11.6 Å². The van der Waals surface area contributed by atoms with Gasteiger partial charge in [-0.3, -0.25) is 4.79 Å². The maximum Gasteiger partial charge on any atom is 0.422 e. The number of carbonyl (C=O) groups is 2. The van der Waals surface area contributed by atoms with Crippen LogP contribution < -0.4 is 5.32 Å². The number of nitrogens with one attached hydrogen (secondary N) is 1. The highest BCUT2D eigenvalue weighted by Crippen LogP contribution is 2.15. The molecule has 8 heteroatoms. The summed E-state index contributed by atoms with van der Waals surface area (Å²) in [7, 11) is 0. The normalized spacial score (nSPS) is 14.9. The van der Waals surface area contributed by atoms with Gasteiger partial charge in [0.1, 0.15) is 6.04 Å². The maximum absolute atomic E-state index is 11.7. The Balaban J connectivity index is 4.28. The molecule has 0 bridgehead atoms. The van der Waals surface area contributed by atoms with Gasteiger partial charge in [0.15, 0.2) is 6.61 Å². The Morgan fingerprint density at radius 1 is 1.41 bits per heavy atom. The number of alkyl carbamates (subject to hydrolysis) is 1. The molecule has 0 heterocycles. The molecule has 2 unspecified atom stereocenters. The summed E-state index contributed by atoms with van der Waals surface area (Å²) in [5, 5.41) is 1.15. The van der Waals surface area contributed by atoms with Crippen molar-refractivity contribution in [1.82, 2.24) is 5.32 Å². The van der Waals surface area contributed by atoms with Gasteiger partial charge < -0.3 is 10.1 Å². The molecule has 0 spiro atoms. The third-order valence-corrected chi connectivity index (χ3v) is 2.33. The molecular weight excluding hydrogens is 263 g/mol. The molecule has 100 valence electrons. The number of ether oxygens (including phenoxy) is 1. The fraction of sp³-hybridized carbons (Fsp3) is 0.778. The minimum absolute atomic E-state index is 0.293. The standard InChI is InChI=1S/C9H13ClF3NO3/c1-3-5(2)6(7(10)15)14-8(16)17-4-9(11,12)13/h5-6H,3-4H2,1-2H3,(H,14,16). The molecule has 0 aliphatic carbocycles. The fourth-order valence-electron chi connectivity index (χ4n) is 0.974. The molecule has 0 fully saturated rings. The Morgan fingerprint density at radius 2 is 1.94 bits per heavy atom. The SMILES string of the molecule is CCC(C)C(NC(=O)OCC(F)(F)F)C(=O)Cl. The largest absolute Gasteiger partial charge is 0.440 e. The highest BCUT2D eigenvalue weighted by molar-refractivity contribution is 6.64. The number of hydrogen-bond acceptors (Lipinski definition) is 3. The second kappa shape index (κ2) is 6.68. The third kappa shape index (κ3) is 7.04. The zero-order chi connectivity index (χ0) is 13.6. The second-order valence-electron chi connectivity index (χ2n) is 3.50. The molecule has 2 atom stereocenters. The average molecular weight is 276 g/mol. The predicted octanol–water partition coefficient (Wildman–Crippen LogP) is 2.46. The summed E-state index contributed by atoms with van der Waals surface area (Å²) in [4.78, 5) is 21.9. The van der Waals surface area contributed by atoms with E-state index >= 15 is 0 Å². The summed E-state index contributed by atoms with van der Waals surface area (Å²) in [6, 6.07) is -1.05. The Bertz CT molecular complexity index is 283. The molecule has 0 rings (SSSR count). The second-order valence-corrected chi connectivity index (χ2v) is 3.88. The van der Waals surface area contributed by atoms with Crippen LogP contribution in [0.4, 0.5) is 18.0 Å². The van der Waals surface area contributed by atoms with Crippen molar-refractivity contribution in [3.8, 4) is 0 Å². The van der Waals surface area contributed by atoms with E-state index in [2.05, 4.69) is 4.74 Å². The van der Waals surface area contributed by atoms with Crippen LogP contribution in [0.25, 0.3) is 0 Å². The lowest BCUT2D eigenvalue weighted by Crippen LogP contribution is -2.44. The van der Waals surface area contributed by atoms with Crippen molar-refractivity contribution >= 4 is 22.9 Å². The Kier molecular flexibility index (Phi) is 6.30. The zero-order valence-electron chi connectivity index (χ0n) is 9.31. The lowest BCUT2D eigenvalue weighted by Gasteiger charge is -2.20. The van der Waals surface area contributed by atoms with Gasteiger partial charge in [0.2, 0.25) is 5.24 Å². The van der Waals surface area contributed by atoms with Crippen molar-refractivity contribution in [2.45, 2.75) is 32.5 Å². The molecule has 0 aromatic heterocycles. The minimum Gasteiger partial charge on any atom is -0.440 e. The fourth-order valence-corrected chi connectivity index (χ4v) is 1.24. The van der Waals surface area contributed by atoms with Gasteiger partial charge in [-0.2, -0.15) is 13.2 Å². The Morgan fingerprint density at radius 3 is 2.29 bits per heavy atom. The summed E-state index contributed by atoms with van der Waals surface area (Å²) < 4.78 is 39.1. The molecule has 0 saturated heterocycles. The molecule has 1 N–H and O–H groups in total. The summed E-state index contributed by atoms with van der Waals surface area (Å²) in [5.74, 6) is -0.293. The van der Waals surface area contributed by atoms with Crippen molar-refractivity contribution in [2.75, 3.05) is 6.61 Å². The Labute approximate surface area is 101 Å². The van der Waals surface area contributed by atoms with Crippen LogP contribution in [0.15, 0.2) is 0 Å². The van der Waals surface area contributed by atoms with Gasteiger partial charge in [-0.05, 0) is 17.5 Å². The number of alkyl halides is 3. The first-order valence-electron chi connectivity index (χ1n) is 4.86. The van der Waals surface area contributed by atoms with E-state index in [1.54, 1.807) is 13.8 Å². The van der Waals surface area contributed by atoms with Gasteiger partial charge in [0.25, 0.3) is 0 Å². The monoisotopic (exact) mass is 275 g/mol. The van der Waals surface area contributed by atoms with Crippen LogP contribution in [0.5, 0.6) is 0 Å². The van der Waals surface area contributed by atoms with Crippen LogP contribution in [0.3, 0.4) is 0 Å². The predicted molar refractivity (Wildman–Crippen MR) is 54.6 cm³/mol. The van der Waals surface area contributed by atoms with E-state index in [-0.39, 0.29) is 5.92 Å². The van der Waals surface area contributed by atoms with Crippen LogP contribution in [0.2, 0.25) is 0 Å². The smallest absolute Gasteiger partial charge is 0.422 e. The van der Waals surface area contributed by atoms with E-state index in [0.29, 0.717) is 6.42 Å². The molecule has 17 heavy (non-hydrogen) atoms. The van der Waals surface area contributed by atoms with Crippen molar-refractivity contribution < 1.29 is 27.5 Å². The summed E-state index contributed by atoms with van der Waals surface area (Å²) >= 11 is 5.22. The van der Waals surface area contributed by atoms with Crippen molar-refractivity contribution in [3.63, 3.8) is 0 Å². The van der Waals surface area contributed by atoms with Gasteiger partial charge in [0.05, 0.1) is 0 Å². The molecule has 0 saturated carbocycles. The van der Waals surface area contributed by atoms with Gasteiger partial charge in [-0.15, -0.1) is 0 Å².